The van der Waals surface area contributed by atoms with Crippen LogP contribution in [0.15, 0.2) is 42.5 Å². The summed E-state index contributed by atoms with van der Waals surface area (Å²) in [6.45, 7) is 1.67. The number of nitrogens with one attached hydrogen (secondary N) is 1. The Labute approximate surface area is 127 Å². The van der Waals surface area contributed by atoms with Crippen molar-refractivity contribution in [3.63, 3.8) is 0 Å². The second kappa shape index (κ2) is 5.36. The van der Waals surface area contributed by atoms with Gasteiger partial charge in [0.2, 0.25) is 0 Å². The van der Waals surface area contributed by atoms with E-state index in [2.05, 4.69) is 5.32 Å². The van der Waals surface area contributed by atoms with Crippen molar-refractivity contribution >= 4 is 23.2 Å². The summed E-state index contributed by atoms with van der Waals surface area (Å²) < 4.78 is 14.1. The minimum absolute atomic E-state index is 0.0733. The summed E-state index contributed by atoms with van der Waals surface area (Å²) in [4.78, 5) is 0. The van der Waals surface area contributed by atoms with Crippen LogP contribution in [0.1, 0.15) is 11.1 Å². The molecule has 1 nitrogen and oxygen atoms in total. The third-order valence-corrected chi connectivity index (χ3v) is 4.49. The van der Waals surface area contributed by atoms with E-state index in [1.165, 1.54) is 5.56 Å². The molecule has 1 fully saturated rings. The van der Waals surface area contributed by atoms with Gasteiger partial charge in [0.25, 0.3) is 0 Å². The molecule has 1 aliphatic heterocycles. The molecular weight excluding hydrogens is 296 g/mol. The molecule has 0 saturated carbocycles. The zero-order chi connectivity index (χ0) is 14.2. The fourth-order valence-corrected chi connectivity index (χ4v) is 3.03. The first-order valence-corrected chi connectivity index (χ1v) is 7.26. The van der Waals surface area contributed by atoms with E-state index < -0.39 is 0 Å². The van der Waals surface area contributed by atoms with Gasteiger partial charge in [-0.25, -0.2) is 4.39 Å². The Morgan fingerprint density at radius 1 is 1.05 bits per heavy atom. The Hall–Kier alpha value is -1.09. The maximum atomic E-state index is 14.1. The van der Waals surface area contributed by atoms with Gasteiger partial charge in [-0.05, 0) is 35.7 Å². The monoisotopic (exact) mass is 309 g/mol. The first-order chi connectivity index (χ1) is 9.61. The molecule has 104 valence electrons. The fraction of sp³-hybridized carbons (Fsp3) is 0.250. The van der Waals surface area contributed by atoms with E-state index in [9.17, 15) is 4.39 Å². The van der Waals surface area contributed by atoms with Crippen LogP contribution in [-0.2, 0) is 11.8 Å². The molecule has 4 heteroatoms. The van der Waals surface area contributed by atoms with Crippen molar-refractivity contribution in [3.8, 4) is 0 Å². The molecule has 2 aromatic carbocycles. The standard InChI is InChI=1S/C16H14Cl2FN/c17-13-6-4-12(5-7-13)16(9-20-10-16)8-11-2-1-3-14(18)15(11)19/h1-7,20H,8-10H2. The van der Waals surface area contributed by atoms with E-state index in [4.69, 9.17) is 23.2 Å². The van der Waals surface area contributed by atoms with Crippen molar-refractivity contribution < 1.29 is 4.39 Å². The van der Waals surface area contributed by atoms with Crippen molar-refractivity contribution in [1.82, 2.24) is 5.32 Å². The summed E-state index contributed by atoms with van der Waals surface area (Å²) in [6, 6.07) is 13.0. The molecule has 0 unspecified atom stereocenters. The molecule has 0 aromatic heterocycles. The van der Waals surface area contributed by atoms with Gasteiger partial charge in [-0.1, -0.05) is 47.5 Å². The molecule has 2 aromatic rings. The molecule has 1 heterocycles. The van der Waals surface area contributed by atoms with Crippen LogP contribution < -0.4 is 5.32 Å². The first-order valence-electron chi connectivity index (χ1n) is 6.50. The highest BCUT2D eigenvalue weighted by atomic mass is 35.5. The largest absolute Gasteiger partial charge is 0.315 e. The van der Waals surface area contributed by atoms with Crippen molar-refractivity contribution in [3.05, 3.63) is 69.5 Å². The smallest absolute Gasteiger partial charge is 0.145 e. The van der Waals surface area contributed by atoms with Crippen molar-refractivity contribution in [2.75, 3.05) is 13.1 Å². The van der Waals surface area contributed by atoms with Crippen LogP contribution in [0.5, 0.6) is 0 Å². The average Bonchev–Trinajstić information content (AvgIpc) is 2.40. The van der Waals surface area contributed by atoms with Gasteiger partial charge < -0.3 is 5.32 Å². The van der Waals surface area contributed by atoms with E-state index in [-0.39, 0.29) is 16.3 Å². The highest BCUT2D eigenvalue weighted by molar-refractivity contribution is 6.31. The Balaban J connectivity index is 1.94. The van der Waals surface area contributed by atoms with Gasteiger partial charge in [0, 0.05) is 23.5 Å². The number of rotatable bonds is 3. The Kier molecular flexibility index (Phi) is 3.72. The summed E-state index contributed by atoms with van der Waals surface area (Å²) in [5, 5.41) is 4.18. The maximum Gasteiger partial charge on any atom is 0.145 e. The molecule has 0 atom stereocenters. The fourth-order valence-electron chi connectivity index (χ4n) is 2.71. The van der Waals surface area contributed by atoms with E-state index in [1.807, 2.05) is 24.3 Å². The van der Waals surface area contributed by atoms with Crippen molar-refractivity contribution in [2.45, 2.75) is 11.8 Å². The van der Waals surface area contributed by atoms with Crippen molar-refractivity contribution in [2.24, 2.45) is 0 Å². The van der Waals surface area contributed by atoms with Gasteiger partial charge in [0.05, 0.1) is 5.02 Å². The van der Waals surface area contributed by atoms with Gasteiger partial charge in [-0.2, -0.15) is 0 Å². The molecule has 1 saturated heterocycles. The SMILES string of the molecule is Fc1c(Cl)cccc1CC1(c2ccc(Cl)cc2)CNC1. The predicted octanol–water partition coefficient (Wildman–Crippen LogP) is 4.22. The zero-order valence-corrected chi connectivity index (χ0v) is 12.3. The topological polar surface area (TPSA) is 12.0 Å². The molecule has 1 N–H and O–H groups in total. The van der Waals surface area contributed by atoms with Crippen LogP contribution in [0.3, 0.4) is 0 Å². The summed E-state index contributed by atoms with van der Waals surface area (Å²) in [7, 11) is 0. The minimum atomic E-state index is -0.311. The molecule has 0 spiro atoms. The lowest BCUT2D eigenvalue weighted by Crippen LogP contribution is -2.58. The maximum absolute atomic E-state index is 14.1. The number of hydrogen-bond acceptors (Lipinski definition) is 1. The lowest BCUT2D eigenvalue weighted by atomic mass is 9.71. The van der Waals surface area contributed by atoms with E-state index in [0.29, 0.717) is 17.0 Å². The summed E-state index contributed by atoms with van der Waals surface area (Å²) in [5.74, 6) is -0.311. The zero-order valence-electron chi connectivity index (χ0n) is 10.8. The lowest BCUT2D eigenvalue weighted by Gasteiger charge is -2.43. The highest BCUT2D eigenvalue weighted by Crippen LogP contribution is 2.34. The molecule has 0 bridgehead atoms. The van der Waals surface area contributed by atoms with Gasteiger partial charge in [-0.3, -0.25) is 0 Å². The third-order valence-electron chi connectivity index (χ3n) is 3.94. The third kappa shape index (κ3) is 2.44. The second-order valence-corrected chi connectivity index (χ2v) is 6.12. The van der Waals surface area contributed by atoms with Crippen LogP contribution >= 0.6 is 23.2 Å². The quantitative estimate of drug-likeness (QED) is 0.895. The second-order valence-electron chi connectivity index (χ2n) is 5.28. The molecule has 20 heavy (non-hydrogen) atoms. The Bertz CT molecular complexity index is 621. The van der Waals surface area contributed by atoms with Crippen LogP contribution in [0.2, 0.25) is 10.0 Å². The van der Waals surface area contributed by atoms with E-state index >= 15 is 0 Å². The van der Waals surface area contributed by atoms with Crippen LogP contribution in [0.25, 0.3) is 0 Å². The molecule has 3 rings (SSSR count). The first kappa shape index (κ1) is 13.9. The van der Waals surface area contributed by atoms with Gasteiger partial charge >= 0.3 is 0 Å². The van der Waals surface area contributed by atoms with Crippen LogP contribution in [0, 0.1) is 5.82 Å². The van der Waals surface area contributed by atoms with Gasteiger partial charge in [0.15, 0.2) is 0 Å². The molecule has 0 radical (unpaired) electrons. The van der Waals surface area contributed by atoms with Crippen LogP contribution in [-0.4, -0.2) is 13.1 Å². The van der Waals surface area contributed by atoms with Crippen LogP contribution in [0.4, 0.5) is 4.39 Å². The lowest BCUT2D eigenvalue weighted by molar-refractivity contribution is 0.272. The van der Waals surface area contributed by atoms with E-state index in [0.717, 1.165) is 13.1 Å². The van der Waals surface area contributed by atoms with Crippen molar-refractivity contribution in [1.29, 1.82) is 0 Å². The number of halogens is 3. The van der Waals surface area contributed by atoms with Gasteiger partial charge in [-0.15, -0.1) is 0 Å². The molecule has 0 aliphatic carbocycles. The Morgan fingerprint density at radius 2 is 1.75 bits per heavy atom. The molecule has 0 amide bonds. The highest BCUT2D eigenvalue weighted by Gasteiger charge is 2.39. The number of hydrogen-bond donors (Lipinski definition) is 1. The molecule has 1 aliphatic rings. The summed E-state index contributed by atoms with van der Waals surface area (Å²) >= 11 is 11.8. The Morgan fingerprint density at radius 3 is 2.35 bits per heavy atom. The molecular formula is C16H14Cl2FN. The van der Waals surface area contributed by atoms with E-state index in [1.54, 1.807) is 18.2 Å². The van der Waals surface area contributed by atoms with Gasteiger partial charge in [0.1, 0.15) is 5.82 Å². The number of benzene rings is 2. The summed E-state index contributed by atoms with van der Waals surface area (Å²) in [5.41, 5.74) is 1.77. The normalized spacial score (nSPS) is 16.8. The predicted molar refractivity (Wildman–Crippen MR) is 81.1 cm³/mol. The summed E-state index contributed by atoms with van der Waals surface area (Å²) in [6.07, 6.45) is 0.633. The average molecular weight is 310 g/mol. The minimum Gasteiger partial charge on any atom is -0.315 e.